The second-order valence-electron chi connectivity index (χ2n) is 32.3. The van der Waals surface area contributed by atoms with Gasteiger partial charge in [0.25, 0.3) is 0 Å². The number of H-pyrrole nitrogens is 4. The molecule has 4 saturated heterocycles. The average Bonchev–Trinajstić information content (AvgIpc) is 1.61. The molecule has 4 fully saturated rings. The van der Waals surface area contributed by atoms with Crippen molar-refractivity contribution in [1.29, 1.82) is 0 Å². The maximum atomic E-state index is 4.86. The fourth-order valence-electron chi connectivity index (χ4n) is 18.9. The molecule has 12 aromatic rings. The summed E-state index contributed by atoms with van der Waals surface area (Å²) in [4.78, 5) is 39.8. The minimum absolute atomic E-state index is 0.431. The fourth-order valence-corrected chi connectivity index (χ4v) is 18.9. The maximum absolute atomic E-state index is 4.86. The number of fused-ring (bicyclic) bond motifs is 8. The van der Waals surface area contributed by atoms with Crippen molar-refractivity contribution in [2.45, 2.75) is 208 Å². The summed E-state index contributed by atoms with van der Waals surface area (Å²) in [6, 6.07) is 19.1. The molecule has 0 radical (unpaired) electrons. The molecule has 107 heavy (non-hydrogen) atoms. The highest BCUT2D eigenvalue weighted by Gasteiger charge is 2.39. The summed E-state index contributed by atoms with van der Waals surface area (Å²) in [6.07, 6.45) is 27.0. The summed E-state index contributed by atoms with van der Waals surface area (Å²) in [7, 11) is 4.11. The van der Waals surface area contributed by atoms with E-state index in [1.165, 1.54) is 115 Å². The highest BCUT2D eigenvalue weighted by Crippen LogP contribution is 2.46. The van der Waals surface area contributed by atoms with Gasteiger partial charge < -0.3 is 52.9 Å². The first-order valence-corrected chi connectivity index (χ1v) is 40.0. The van der Waals surface area contributed by atoms with Crippen molar-refractivity contribution in [2.75, 3.05) is 78.5 Å². The van der Waals surface area contributed by atoms with E-state index in [-0.39, 0.29) is 0 Å². The van der Waals surface area contributed by atoms with Crippen molar-refractivity contribution in [3.8, 4) is 45.0 Å². The zero-order valence-corrected chi connectivity index (χ0v) is 64.9. The molecule has 0 spiro atoms. The monoisotopic (exact) mass is 1440 g/mol. The van der Waals surface area contributed by atoms with Gasteiger partial charge in [0.1, 0.15) is 46.0 Å². The van der Waals surface area contributed by atoms with E-state index < -0.39 is 0 Å². The van der Waals surface area contributed by atoms with Crippen LogP contribution < -0.4 is 19.6 Å². The van der Waals surface area contributed by atoms with Gasteiger partial charge in [0.2, 0.25) is 0 Å². The highest BCUT2D eigenvalue weighted by atomic mass is 15.3. The lowest BCUT2D eigenvalue weighted by Gasteiger charge is -2.40. The SMILES string of the molecule is CC(C)N1CCC(N2Cc3c(ccn3C)-c3n[nH]c4ccnc2c34)CC1.CC(C)N1CCC(N2Cc3nn(C)cc3-c3n[nH]c4ccnc2c34)CC1.CCCN1CCC(N2Cc3c(ccn3C(C)C)-c3n[nH]c4ccnc2c34)CC1.CCn1ccc2c1CN(C1CCN(C(C)C)CC1)c1nccc3[nH]nc-2c13. The van der Waals surface area contributed by atoms with E-state index in [0.29, 0.717) is 48.3 Å². The number of piperidine rings is 4. The molecule has 0 unspecified atom stereocenters. The number of aromatic nitrogens is 17. The summed E-state index contributed by atoms with van der Waals surface area (Å²) in [6.45, 7) is 37.7. The van der Waals surface area contributed by atoms with E-state index in [1.807, 2.05) is 60.8 Å². The van der Waals surface area contributed by atoms with Gasteiger partial charge in [0, 0.05) is 210 Å². The second kappa shape index (κ2) is 29.3. The lowest BCUT2D eigenvalue weighted by Crippen LogP contribution is -2.47. The molecule has 0 atom stereocenters. The van der Waals surface area contributed by atoms with Crippen molar-refractivity contribution >= 4 is 66.9 Å². The third-order valence-electron chi connectivity index (χ3n) is 24.9. The Morgan fingerprint density at radius 3 is 1.18 bits per heavy atom. The molecule has 20 rings (SSSR count). The Kier molecular flexibility index (Phi) is 19.3. The van der Waals surface area contributed by atoms with Crippen molar-refractivity contribution in [2.24, 2.45) is 14.1 Å². The molecule has 562 valence electrons. The Labute approximate surface area is 628 Å². The van der Waals surface area contributed by atoms with Crippen molar-refractivity contribution in [3.63, 3.8) is 0 Å². The normalized spacial score (nSPS) is 18.4. The number of anilines is 4. The second-order valence-corrected chi connectivity index (χ2v) is 32.3. The van der Waals surface area contributed by atoms with Crippen LogP contribution in [0.4, 0.5) is 23.3 Å². The molecule has 0 aliphatic carbocycles. The molecule has 0 amide bonds. The molecule has 20 heterocycles. The van der Waals surface area contributed by atoms with Crippen molar-refractivity contribution in [3.05, 3.63) is 115 Å². The zero-order chi connectivity index (χ0) is 73.5. The molecule has 12 aromatic heterocycles. The van der Waals surface area contributed by atoms with E-state index in [0.717, 1.165) is 170 Å². The largest absolute Gasteiger partial charge is 0.352 e. The van der Waals surface area contributed by atoms with Gasteiger partial charge in [-0.1, -0.05) is 6.92 Å². The topological polar surface area (TPSA) is 225 Å². The summed E-state index contributed by atoms with van der Waals surface area (Å²) in [5, 5.41) is 40.9. The zero-order valence-electron chi connectivity index (χ0n) is 64.9. The number of rotatable bonds is 11. The van der Waals surface area contributed by atoms with Gasteiger partial charge >= 0.3 is 0 Å². The molecule has 4 N–H and O–H groups in total. The van der Waals surface area contributed by atoms with Crippen LogP contribution >= 0.6 is 0 Å². The number of aryl methyl sites for hydroxylation is 3. The van der Waals surface area contributed by atoms with Crippen LogP contribution in [0.3, 0.4) is 0 Å². The Morgan fingerprint density at radius 2 is 0.766 bits per heavy atom. The van der Waals surface area contributed by atoms with Crippen molar-refractivity contribution in [1.82, 2.24) is 104 Å². The van der Waals surface area contributed by atoms with Crippen LogP contribution in [0.5, 0.6) is 0 Å². The van der Waals surface area contributed by atoms with Gasteiger partial charge in [0.05, 0.1) is 75.5 Å². The van der Waals surface area contributed by atoms with Crippen molar-refractivity contribution < 1.29 is 0 Å². The van der Waals surface area contributed by atoms with Gasteiger partial charge in [-0.2, -0.15) is 25.5 Å². The van der Waals surface area contributed by atoms with Crippen LogP contribution in [0.15, 0.2) is 92.0 Å². The average molecular weight is 1440 g/mol. The first kappa shape index (κ1) is 70.5. The molecule has 25 nitrogen and oxygen atoms in total. The van der Waals surface area contributed by atoms with Gasteiger partial charge in [-0.15, -0.1) is 0 Å². The Morgan fingerprint density at radius 1 is 0.402 bits per heavy atom. The standard InChI is InChI=1S/C22H30N6.C21H28N6.C20H26N6.C19H25N7/c1-4-10-26-11-6-16(7-12-26)28-14-19-17(8-13-27(19)15(2)3)21-20-18(24-25-21)5-9-23-22(20)28;1-4-25-12-8-16-18(25)13-27(15-6-10-26(11-7-15)14(2)3)21-19-17(5-9-22-21)23-24-20(16)19;1-13(2)25-10-5-14(6-11-25)26-12-17-15(7-9-24(17)3)19-18-16(22-23-19)4-8-21-20(18)26;1-12(2)25-8-5-13(6-9-25)26-11-16-14(10-24(3)23-16)18-17-15(21-22-18)4-7-20-19(17)26/h5,8-9,13,15-16H,4,6-7,10-12,14H2,1-3H3,(H,24,25);5,8-9,12,14-15H,4,6-7,10-11,13H2,1-3H3,(H,23,24);4,7-9,13-14H,5-6,10-12H2,1-3H3,(H,22,23);4,7,10,12-13H,5-6,8-9,11H2,1-3H3,(H,21,22). The van der Waals surface area contributed by atoms with Gasteiger partial charge in [-0.3, -0.25) is 25.1 Å². The first-order valence-electron chi connectivity index (χ1n) is 40.0. The van der Waals surface area contributed by atoms with Gasteiger partial charge in [0.15, 0.2) is 0 Å². The van der Waals surface area contributed by atoms with E-state index in [2.05, 4.69) is 208 Å². The first-order chi connectivity index (χ1) is 52.1. The number of aromatic amines is 4. The number of likely N-dealkylation sites (tertiary alicyclic amines) is 4. The number of pyridine rings is 4. The molecular weight excluding hydrogens is 1340 g/mol. The van der Waals surface area contributed by atoms with Crippen LogP contribution in [0.25, 0.3) is 88.6 Å². The fraction of sp³-hybridized carbons (Fsp3) is 0.524. The summed E-state index contributed by atoms with van der Waals surface area (Å²) < 4.78 is 8.89. The molecule has 25 heteroatoms. The van der Waals surface area contributed by atoms with Crippen LogP contribution in [0.2, 0.25) is 0 Å². The smallest absolute Gasteiger partial charge is 0.140 e. The number of nitrogens with zero attached hydrogens (tertiary/aromatic N) is 21. The summed E-state index contributed by atoms with van der Waals surface area (Å²) >= 11 is 0. The molecule has 0 aromatic carbocycles. The third kappa shape index (κ3) is 12.9. The molecular formula is C82H109N25. The molecule has 0 bridgehead atoms. The predicted octanol–water partition coefficient (Wildman–Crippen LogP) is 13.5. The number of hydrogen-bond donors (Lipinski definition) is 4. The van der Waals surface area contributed by atoms with Crippen LogP contribution in [0.1, 0.15) is 156 Å². The highest BCUT2D eigenvalue weighted by molar-refractivity contribution is 6.05. The predicted molar refractivity (Wildman–Crippen MR) is 429 cm³/mol. The van der Waals surface area contributed by atoms with E-state index in [9.17, 15) is 0 Å². The Bertz CT molecular complexity index is 5020. The van der Waals surface area contributed by atoms with Crippen LogP contribution in [-0.4, -0.2) is 205 Å². The van der Waals surface area contributed by atoms with Crippen LogP contribution in [0, 0.1) is 0 Å². The lowest BCUT2D eigenvalue weighted by molar-refractivity contribution is 0.169. The summed E-state index contributed by atoms with van der Waals surface area (Å²) in [5.74, 6) is 4.33. The molecule has 8 aliphatic heterocycles. The minimum Gasteiger partial charge on any atom is -0.352 e. The molecule has 0 saturated carbocycles. The Balaban J connectivity index is 0.000000105. The van der Waals surface area contributed by atoms with Crippen LogP contribution in [-0.2, 0) is 46.8 Å². The lowest BCUT2D eigenvalue weighted by atomic mass is 10.0. The van der Waals surface area contributed by atoms with Gasteiger partial charge in [-0.05, 0) is 169 Å². The summed E-state index contributed by atoms with van der Waals surface area (Å²) in [5.41, 5.74) is 18.4. The Hall–Kier alpha value is -9.43. The van der Waals surface area contributed by atoms with Gasteiger partial charge in [-0.25, -0.2) is 19.9 Å². The molecule has 8 aliphatic rings. The maximum Gasteiger partial charge on any atom is 0.140 e. The van der Waals surface area contributed by atoms with E-state index >= 15 is 0 Å². The quantitative estimate of drug-likeness (QED) is 0.0944. The number of nitrogens with one attached hydrogen (secondary N) is 4. The van der Waals surface area contributed by atoms with E-state index in [4.69, 9.17) is 30.1 Å². The minimum atomic E-state index is 0.431. The third-order valence-corrected chi connectivity index (χ3v) is 24.9. The number of hydrogen-bond acceptors (Lipinski definition) is 17. The van der Waals surface area contributed by atoms with E-state index in [1.54, 1.807) is 0 Å².